The molecule has 0 aromatic carbocycles. The average molecular weight is 196 g/mol. The summed E-state index contributed by atoms with van der Waals surface area (Å²) in [5, 5.41) is 0. The van der Waals surface area contributed by atoms with Crippen LogP contribution in [0, 0.1) is 5.92 Å². The Labute approximate surface area is 85.6 Å². The topological polar surface area (TPSA) is 46.3 Å². The van der Waals surface area contributed by atoms with Crippen LogP contribution >= 0.6 is 0 Å². The van der Waals surface area contributed by atoms with Crippen molar-refractivity contribution in [1.82, 2.24) is 4.90 Å². The van der Waals surface area contributed by atoms with Gasteiger partial charge in [0, 0.05) is 25.6 Å². The molecule has 2 fully saturated rings. The van der Waals surface area contributed by atoms with E-state index in [4.69, 9.17) is 5.73 Å². The molecule has 3 nitrogen and oxygen atoms in total. The van der Waals surface area contributed by atoms with Crippen molar-refractivity contribution in [3.05, 3.63) is 0 Å². The molecule has 1 saturated heterocycles. The summed E-state index contributed by atoms with van der Waals surface area (Å²) in [5.41, 5.74) is 5.99. The third-order valence-corrected chi connectivity index (χ3v) is 3.66. The van der Waals surface area contributed by atoms with Crippen molar-refractivity contribution >= 4 is 5.91 Å². The molecule has 0 bridgehead atoms. The summed E-state index contributed by atoms with van der Waals surface area (Å²) in [4.78, 5) is 13.4. The van der Waals surface area contributed by atoms with Crippen molar-refractivity contribution < 1.29 is 4.79 Å². The van der Waals surface area contributed by atoms with Crippen LogP contribution in [-0.2, 0) is 4.79 Å². The van der Waals surface area contributed by atoms with Crippen LogP contribution < -0.4 is 5.73 Å². The van der Waals surface area contributed by atoms with Crippen LogP contribution in [0.1, 0.15) is 38.5 Å². The van der Waals surface area contributed by atoms with E-state index in [9.17, 15) is 4.79 Å². The Hall–Kier alpha value is -0.570. The average Bonchev–Trinajstić information content (AvgIpc) is 2.72. The van der Waals surface area contributed by atoms with Crippen LogP contribution in [0.3, 0.4) is 0 Å². The number of amides is 1. The number of carbonyl (C=O) groups is 1. The summed E-state index contributed by atoms with van der Waals surface area (Å²) in [6, 6.07) is 0.396. The summed E-state index contributed by atoms with van der Waals surface area (Å²) in [6.45, 7) is 1.91. The second-order valence-corrected chi connectivity index (χ2v) is 4.63. The molecule has 2 unspecified atom stereocenters. The number of nitrogens with zero attached hydrogens (tertiary/aromatic N) is 1. The maximum atomic E-state index is 11.4. The van der Waals surface area contributed by atoms with Crippen molar-refractivity contribution in [3.8, 4) is 0 Å². The third-order valence-electron chi connectivity index (χ3n) is 3.66. The van der Waals surface area contributed by atoms with Crippen molar-refractivity contribution in [3.63, 3.8) is 0 Å². The zero-order valence-electron chi connectivity index (χ0n) is 8.74. The van der Waals surface area contributed by atoms with Crippen LogP contribution in [0.4, 0.5) is 0 Å². The van der Waals surface area contributed by atoms with Crippen molar-refractivity contribution in [2.45, 2.75) is 44.6 Å². The highest BCUT2D eigenvalue weighted by molar-refractivity contribution is 5.77. The first-order valence-electron chi connectivity index (χ1n) is 5.81. The molecule has 0 aromatic heterocycles. The molecular formula is C11H20N2O. The molecule has 0 spiro atoms. The Kier molecular flexibility index (Phi) is 3.06. The van der Waals surface area contributed by atoms with E-state index in [-0.39, 0.29) is 0 Å². The molecule has 1 amide bonds. The van der Waals surface area contributed by atoms with Crippen LogP contribution in [0.2, 0.25) is 0 Å². The van der Waals surface area contributed by atoms with Gasteiger partial charge in [0.05, 0.1) is 0 Å². The Balaban J connectivity index is 1.73. The molecule has 0 radical (unpaired) electrons. The van der Waals surface area contributed by atoms with Crippen molar-refractivity contribution in [1.29, 1.82) is 0 Å². The number of carbonyl (C=O) groups excluding carboxylic acids is 1. The maximum Gasteiger partial charge on any atom is 0.222 e. The molecular weight excluding hydrogens is 176 g/mol. The summed E-state index contributed by atoms with van der Waals surface area (Å²) < 4.78 is 0. The molecule has 2 rings (SSSR count). The molecule has 1 aliphatic heterocycles. The minimum atomic E-state index is 0.344. The van der Waals surface area contributed by atoms with Crippen LogP contribution in [0.15, 0.2) is 0 Å². The van der Waals surface area contributed by atoms with Gasteiger partial charge in [0.2, 0.25) is 5.91 Å². The second kappa shape index (κ2) is 4.30. The first-order valence-corrected chi connectivity index (χ1v) is 5.81. The molecule has 80 valence electrons. The first kappa shape index (κ1) is 9.97. The lowest BCUT2D eigenvalue weighted by Crippen LogP contribution is -2.31. The molecule has 0 aromatic rings. The highest BCUT2D eigenvalue weighted by Crippen LogP contribution is 2.27. The minimum absolute atomic E-state index is 0.344. The Morgan fingerprint density at radius 3 is 2.79 bits per heavy atom. The molecule has 1 heterocycles. The van der Waals surface area contributed by atoms with E-state index in [2.05, 4.69) is 0 Å². The summed E-state index contributed by atoms with van der Waals surface area (Å²) >= 11 is 0. The van der Waals surface area contributed by atoms with Gasteiger partial charge in [0.1, 0.15) is 0 Å². The van der Waals surface area contributed by atoms with Gasteiger partial charge < -0.3 is 10.6 Å². The van der Waals surface area contributed by atoms with Gasteiger partial charge in [0.25, 0.3) is 0 Å². The lowest BCUT2D eigenvalue weighted by Gasteiger charge is -2.20. The summed E-state index contributed by atoms with van der Waals surface area (Å²) in [6.07, 6.45) is 6.65. The lowest BCUT2D eigenvalue weighted by atomic mass is 10.0. The van der Waals surface area contributed by atoms with E-state index in [1.807, 2.05) is 4.90 Å². The van der Waals surface area contributed by atoms with Gasteiger partial charge in [-0.05, 0) is 31.6 Å². The number of likely N-dealkylation sites (tertiary alicyclic amines) is 1. The highest BCUT2D eigenvalue weighted by atomic mass is 16.2. The van der Waals surface area contributed by atoms with Gasteiger partial charge >= 0.3 is 0 Å². The van der Waals surface area contributed by atoms with E-state index < -0.39 is 0 Å². The zero-order valence-corrected chi connectivity index (χ0v) is 8.74. The largest absolute Gasteiger partial charge is 0.343 e. The fourth-order valence-electron chi connectivity index (χ4n) is 2.69. The molecule has 2 atom stereocenters. The molecule has 1 saturated carbocycles. The van der Waals surface area contributed by atoms with E-state index in [0.717, 1.165) is 32.4 Å². The normalized spacial score (nSPS) is 32.9. The van der Waals surface area contributed by atoms with Gasteiger partial charge in [-0.25, -0.2) is 0 Å². The fourth-order valence-corrected chi connectivity index (χ4v) is 2.69. The second-order valence-electron chi connectivity index (χ2n) is 4.63. The molecule has 2 aliphatic rings. The van der Waals surface area contributed by atoms with Crippen LogP contribution in [0.5, 0.6) is 0 Å². The van der Waals surface area contributed by atoms with Gasteiger partial charge in [-0.1, -0.05) is 6.42 Å². The SMILES string of the molecule is NC1CCCC1CCN1CCCC1=O. The minimum Gasteiger partial charge on any atom is -0.343 e. The monoisotopic (exact) mass is 196 g/mol. The van der Waals surface area contributed by atoms with Gasteiger partial charge in [-0.2, -0.15) is 0 Å². The summed E-state index contributed by atoms with van der Waals surface area (Å²) in [7, 11) is 0. The molecule has 2 N–H and O–H groups in total. The van der Waals surface area contributed by atoms with Crippen LogP contribution in [0.25, 0.3) is 0 Å². The lowest BCUT2D eigenvalue weighted by molar-refractivity contribution is -0.127. The van der Waals surface area contributed by atoms with Gasteiger partial charge in [0.15, 0.2) is 0 Å². The predicted octanol–water partition coefficient (Wildman–Crippen LogP) is 1.13. The Bertz CT molecular complexity index is 217. The Morgan fingerprint density at radius 2 is 2.21 bits per heavy atom. The standard InChI is InChI=1S/C11H20N2O/c12-10-4-1-3-9(10)6-8-13-7-2-5-11(13)14/h9-10H,1-8,12H2. The Morgan fingerprint density at radius 1 is 1.36 bits per heavy atom. The fraction of sp³-hybridized carbons (Fsp3) is 0.909. The van der Waals surface area contributed by atoms with E-state index >= 15 is 0 Å². The van der Waals surface area contributed by atoms with E-state index in [1.165, 1.54) is 19.3 Å². The number of nitrogens with two attached hydrogens (primary N) is 1. The zero-order chi connectivity index (χ0) is 9.97. The third kappa shape index (κ3) is 2.08. The van der Waals surface area contributed by atoms with Crippen molar-refractivity contribution in [2.75, 3.05) is 13.1 Å². The molecule has 14 heavy (non-hydrogen) atoms. The number of rotatable bonds is 3. The predicted molar refractivity (Wildman–Crippen MR) is 55.7 cm³/mol. The van der Waals surface area contributed by atoms with E-state index in [0.29, 0.717) is 17.9 Å². The molecule has 3 heteroatoms. The van der Waals surface area contributed by atoms with Crippen LogP contribution in [-0.4, -0.2) is 29.9 Å². The summed E-state index contributed by atoms with van der Waals surface area (Å²) in [5.74, 6) is 1.01. The highest BCUT2D eigenvalue weighted by Gasteiger charge is 2.26. The van der Waals surface area contributed by atoms with Crippen molar-refractivity contribution in [2.24, 2.45) is 11.7 Å². The number of hydrogen-bond donors (Lipinski definition) is 1. The maximum absolute atomic E-state index is 11.4. The van der Waals surface area contributed by atoms with Gasteiger partial charge in [-0.15, -0.1) is 0 Å². The molecule has 1 aliphatic carbocycles. The first-order chi connectivity index (χ1) is 6.77. The smallest absolute Gasteiger partial charge is 0.222 e. The van der Waals surface area contributed by atoms with Gasteiger partial charge in [-0.3, -0.25) is 4.79 Å². The quantitative estimate of drug-likeness (QED) is 0.735. The number of hydrogen-bond acceptors (Lipinski definition) is 2. The van der Waals surface area contributed by atoms with E-state index in [1.54, 1.807) is 0 Å².